The zero-order valence-corrected chi connectivity index (χ0v) is 15.6. The largest absolute Gasteiger partial charge is 0.298 e. The molecule has 3 atom stereocenters. The third-order valence-corrected chi connectivity index (χ3v) is 5.97. The maximum absolute atomic E-state index is 13.0. The van der Waals surface area contributed by atoms with Crippen molar-refractivity contribution in [2.75, 3.05) is 0 Å². The summed E-state index contributed by atoms with van der Waals surface area (Å²) in [6, 6.07) is 12.1. The van der Waals surface area contributed by atoms with Gasteiger partial charge < -0.3 is 0 Å². The molecule has 0 radical (unpaired) electrons. The summed E-state index contributed by atoms with van der Waals surface area (Å²) in [6.45, 7) is 6.32. The second kappa shape index (κ2) is 6.35. The van der Waals surface area contributed by atoms with Crippen molar-refractivity contribution in [2.24, 2.45) is 11.8 Å². The van der Waals surface area contributed by atoms with E-state index in [4.69, 9.17) is 0 Å². The van der Waals surface area contributed by atoms with E-state index < -0.39 is 0 Å². The molecular weight excluding hydrogens is 320 g/mol. The molecule has 0 saturated carbocycles. The second-order valence-corrected chi connectivity index (χ2v) is 7.75. The Kier molecular flexibility index (Phi) is 4.14. The van der Waals surface area contributed by atoms with Gasteiger partial charge in [-0.15, -0.1) is 0 Å². The fourth-order valence-electron chi connectivity index (χ4n) is 4.34. The third-order valence-electron chi connectivity index (χ3n) is 5.97. The standard InChI is InChI=1S/C24H24O2/c1-4-14(2)11-20-22-17(12-15(3)24(20)26)9-10-19-18-8-6-5-7-16(18)13-21(25)23(19)22/h5-10,12-15,20H,4,11H2,1-3H3. The molecule has 0 saturated heterocycles. The highest BCUT2D eigenvalue weighted by molar-refractivity contribution is 6.19. The van der Waals surface area contributed by atoms with E-state index >= 15 is 0 Å². The molecule has 2 aromatic carbocycles. The number of Topliss-reactive ketones (excluding diaryl/α,β-unsaturated/α-hetero) is 2. The number of hydrogen-bond acceptors (Lipinski definition) is 2. The molecule has 132 valence electrons. The Labute approximate surface area is 153 Å². The van der Waals surface area contributed by atoms with E-state index in [-0.39, 0.29) is 23.4 Å². The average Bonchev–Trinajstić information content (AvgIpc) is 2.64. The van der Waals surface area contributed by atoms with Crippen molar-refractivity contribution in [1.82, 2.24) is 0 Å². The maximum Gasteiger partial charge on any atom is 0.187 e. The first kappa shape index (κ1) is 17.0. The molecule has 2 aliphatic carbocycles. The highest BCUT2D eigenvalue weighted by Crippen LogP contribution is 2.33. The molecule has 0 heterocycles. The molecule has 0 aliphatic heterocycles. The van der Waals surface area contributed by atoms with Gasteiger partial charge in [0.05, 0.1) is 0 Å². The van der Waals surface area contributed by atoms with Gasteiger partial charge in [0.25, 0.3) is 0 Å². The van der Waals surface area contributed by atoms with Crippen LogP contribution in [-0.2, 0) is 4.79 Å². The average molecular weight is 344 g/mol. The van der Waals surface area contributed by atoms with E-state index in [0.717, 1.165) is 44.8 Å². The van der Waals surface area contributed by atoms with Crippen LogP contribution in [0, 0.1) is 22.3 Å². The van der Waals surface area contributed by atoms with Crippen LogP contribution in [0.5, 0.6) is 0 Å². The molecule has 0 aromatic heterocycles. The number of hydrogen-bond donors (Lipinski definition) is 0. The normalized spacial score (nSPS) is 21.8. The lowest BCUT2D eigenvalue weighted by atomic mass is 9.74. The van der Waals surface area contributed by atoms with Crippen LogP contribution in [0.25, 0.3) is 12.2 Å². The minimum absolute atomic E-state index is 0.0282. The summed E-state index contributed by atoms with van der Waals surface area (Å²) in [6.07, 6.45) is 5.60. The summed E-state index contributed by atoms with van der Waals surface area (Å²) >= 11 is 0. The topological polar surface area (TPSA) is 34.1 Å². The fraction of sp³-hybridized carbons (Fsp3) is 0.333. The van der Waals surface area contributed by atoms with Crippen molar-refractivity contribution < 1.29 is 9.59 Å². The van der Waals surface area contributed by atoms with Gasteiger partial charge in [-0.05, 0) is 44.9 Å². The van der Waals surface area contributed by atoms with Crippen LogP contribution >= 0.6 is 0 Å². The monoisotopic (exact) mass is 344 g/mol. The predicted octanol–water partition coefficient (Wildman–Crippen LogP) is 3.47. The minimum atomic E-state index is -0.183. The van der Waals surface area contributed by atoms with Gasteiger partial charge in [0.15, 0.2) is 5.78 Å². The van der Waals surface area contributed by atoms with Crippen LogP contribution in [0.3, 0.4) is 0 Å². The first-order chi connectivity index (χ1) is 12.5. The Hall–Kier alpha value is -2.48. The first-order valence-corrected chi connectivity index (χ1v) is 9.55. The third kappa shape index (κ3) is 2.56. The number of carbonyl (C=O) groups is 2. The van der Waals surface area contributed by atoms with Gasteiger partial charge in [-0.3, -0.25) is 9.59 Å². The highest BCUT2D eigenvalue weighted by atomic mass is 16.1. The zero-order chi connectivity index (χ0) is 18.4. The smallest absolute Gasteiger partial charge is 0.187 e. The van der Waals surface area contributed by atoms with Gasteiger partial charge in [0.2, 0.25) is 0 Å². The van der Waals surface area contributed by atoms with E-state index in [9.17, 15) is 9.59 Å². The number of ketones is 2. The molecular formula is C24H24O2. The van der Waals surface area contributed by atoms with E-state index in [0.29, 0.717) is 5.92 Å². The highest BCUT2D eigenvalue weighted by Gasteiger charge is 2.33. The number of fused-ring (bicyclic) bond motifs is 4. The number of rotatable bonds is 3. The second-order valence-electron chi connectivity index (χ2n) is 7.75. The van der Waals surface area contributed by atoms with Crippen molar-refractivity contribution in [3.05, 3.63) is 68.4 Å². The minimum Gasteiger partial charge on any atom is -0.298 e. The van der Waals surface area contributed by atoms with Crippen LogP contribution < -0.4 is 10.4 Å². The van der Waals surface area contributed by atoms with Crippen LogP contribution in [0.15, 0.2) is 36.4 Å². The summed E-state index contributed by atoms with van der Waals surface area (Å²) in [7, 11) is 0. The lowest BCUT2D eigenvalue weighted by molar-refractivity contribution is -0.122. The molecule has 26 heavy (non-hydrogen) atoms. The summed E-state index contributed by atoms with van der Waals surface area (Å²) in [5.41, 5.74) is 1.70. The lowest BCUT2D eigenvalue weighted by Crippen LogP contribution is -2.34. The molecule has 3 unspecified atom stereocenters. The van der Waals surface area contributed by atoms with Gasteiger partial charge in [0.1, 0.15) is 5.78 Å². The lowest BCUT2D eigenvalue weighted by Gasteiger charge is -2.28. The molecule has 0 spiro atoms. The molecule has 2 aromatic rings. The van der Waals surface area contributed by atoms with Crippen molar-refractivity contribution in [2.45, 2.75) is 39.5 Å². The molecule has 2 aliphatic rings. The zero-order valence-electron chi connectivity index (χ0n) is 15.6. The van der Waals surface area contributed by atoms with Crippen LogP contribution in [0.2, 0.25) is 0 Å². The predicted molar refractivity (Wildman–Crippen MR) is 104 cm³/mol. The summed E-state index contributed by atoms with van der Waals surface area (Å²) < 4.78 is 0. The van der Waals surface area contributed by atoms with Gasteiger partial charge in [-0.1, -0.05) is 69.7 Å². The van der Waals surface area contributed by atoms with Crippen LogP contribution in [-0.4, -0.2) is 11.6 Å². The van der Waals surface area contributed by atoms with Gasteiger partial charge >= 0.3 is 0 Å². The number of benzene rings is 2. The molecule has 4 rings (SSSR count). The summed E-state index contributed by atoms with van der Waals surface area (Å²) in [5, 5.41) is 4.07. The van der Waals surface area contributed by atoms with Crippen molar-refractivity contribution >= 4 is 23.7 Å². The molecule has 0 fully saturated rings. The van der Waals surface area contributed by atoms with Gasteiger partial charge in [-0.25, -0.2) is 0 Å². The van der Waals surface area contributed by atoms with E-state index in [1.165, 1.54) is 0 Å². The Morgan fingerprint density at radius 3 is 2.54 bits per heavy atom. The van der Waals surface area contributed by atoms with E-state index in [2.05, 4.69) is 32.0 Å². The molecule has 0 amide bonds. The Morgan fingerprint density at radius 1 is 1.00 bits per heavy atom. The maximum atomic E-state index is 13.0. The summed E-state index contributed by atoms with van der Waals surface area (Å²) in [4.78, 5) is 26.1. The van der Waals surface area contributed by atoms with Crippen LogP contribution in [0.1, 0.15) is 55.5 Å². The van der Waals surface area contributed by atoms with Gasteiger partial charge in [0, 0.05) is 17.4 Å². The molecule has 2 nitrogen and oxygen atoms in total. The Balaban J connectivity index is 2.10. The molecule has 2 heteroatoms. The molecule has 0 N–H and O–H groups in total. The first-order valence-electron chi connectivity index (χ1n) is 9.55. The SMILES string of the molecule is CCC(C)CC1C(=O)C(C)C=c2ccc3c(c21)C(=O)C=c1ccccc1=3. The number of carbonyl (C=O) groups excluding carboxylic acids is 2. The van der Waals surface area contributed by atoms with Crippen LogP contribution in [0.4, 0.5) is 0 Å². The fourth-order valence-corrected chi connectivity index (χ4v) is 4.34. The van der Waals surface area contributed by atoms with E-state index in [1.54, 1.807) is 6.08 Å². The van der Waals surface area contributed by atoms with Crippen molar-refractivity contribution in [1.29, 1.82) is 0 Å². The van der Waals surface area contributed by atoms with Crippen molar-refractivity contribution in [3.63, 3.8) is 0 Å². The molecule has 0 bridgehead atoms. The quantitative estimate of drug-likeness (QED) is 0.854. The van der Waals surface area contributed by atoms with E-state index in [1.807, 2.05) is 31.2 Å². The Bertz CT molecular complexity index is 1120. The summed E-state index contributed by atoms with van der Waals surface area (Å²) in [5.74, 6) is 0.452. The van der Waals surface area contributed by atoms with Gasteiger partial charge in [-0.2, -0.15) is 0 Å². The Morgan fingerprint density at radius 2 is 1.77 bits per heavy atom. The van der Waals surface area contributed by atoms with Crippen molar-refractivity contribution in [3.8, 4) is 0 Å².